The summed E-state index contributed by atoms with van der Waals surface area (Å²) in [4.78, 5) is 14.7. The van der Waals surface area contributed by atoms with E-state index in [1.54, 1.807) is 23.5 Å². The third-order valence-corrected chi connectivity index (χ3v) is 9.60. The second-order valence-corrected chi connectivity index (χ2v) is 15.1. The number of aliphatic imine (C=N–C) groups is 1. The maximum absolute atomic E-state index is 11.2. The highest BCUT2D eigenvalue weighted by Gasteiger charge is 2.12. The molecule has 1 aliphatic heterocycles. The van der Waals surface area contributed by atoms with E-state index in [0.717, 1.165) is 22.6 Å². The molecule has 0 amide bonds. The van der Waals surface area contributed by atoms with E-state index in [1.807, 2.05) is 68.0 Å². The topological polar surface area (TPSA) is 95.0 Å². The molecule has 9 nitrogen and oxygen atoms in total. The van der Waals surface area contributed by atoms with Crippen molar-refractivity contribution in [3.63, 3.8) is 0 Å². The minimum atomic E-state index is -4.47. The number of fused-ring (bicyclic) bond motifs is 2. The van der Waals surface area contributed by atoms with Gasteiger partial charge in [-0.1, -0.05) is 0 Å². The fourth-order valence-electron chi connectivity index (χ4n) is 4.17. The van der Waals surface area contributed by atoms with Crippen molar-refractivity contribution >= 4 is 70.0 Å². The third-order valence-electron chi connectivity index (χ3n) is 6.65. The summed E-state index contributed by atoms with van der Waals surface area (Å²) in [5, 5.41) is 1.21. The van der Waals surface area contributed by atoms with Crippen LogP contribution in [-0.4, -0.2) is 90.3 Å². The van der Waals surface area contributed by atoms with Crippen molar-refractivity contribution in [3.8, 4) is 10.6 Å². The molecule has 0 N–H and O–H groups in total. The monoisotopic (exact) mass is 664 g/mol. The van der Waals surface area contributed by atoms with Gasteiger partial charge in [0.05, 0.1) is 32.2 Å². The van der Waals surface area contributed by atoms with Crippen LogP contribution in [0.5, 0.6) is 0 Å². The lowest BCUT2D eigenvalue weighted by atomic mass is 10.1. The van der Waals surface area contributed by atoms with Crippen LogP contribution in [0.15, 0.2) is 88.8 Å². The fraction of sp³-hybridized carbons (Fsp3) is 0.242. The first-order valence-electron chi connectivity index (χ1n) is 13.7. The normalized spacial score (nSPS) is 12.4. The van der Waals surface area contributed by atoms with Gasteiger partial charge in [-0.2, -0.15) is 0 Å². The van der Waals surface area contributed by atoms with E-state index in [-0.39, 0.29) is 18.2 Å². The Labute approximate surface area is 274 Å². The summed E-state index contributed by atoms with van der Waals surface area (Å²) >= 11 is 1.80. The van der Waals surface area contributed by atoms with Gasteiger partial charge in [0.15, 0.2) is 14.9 Å². The highest BCUT2D eigenvalue weighted by atomic mass is 33.1. The molecule has 0 spiro atoms. The van der Waals surface area contributed by atoms with Crippen molar-refractivity contribution in [1.29, 1.82) is 0 Å². The van der Waals surface area contributed by atoms with E-state index in [4.69, 9.17) is 4.98 Å². The van der Waals surface area contributed by atoms with Crippen molar-refractivity contribution in [3.05, 3.63) is 91.7 Å². The molecule has 238 valence electrons. The van der Waals surface area contributed by atoms with Crippen molar-refractivity contribution in [1.82, 2.24) is 9.56 Å². The maximum atomic E-state index is 11.2. The molecule has 2 aliphatic carbocycles. The summed E-state index contributed by atoms with van der Waals surface area (Å²) in [5.74, 6) is 0. The molecule has 12 heteroatoms. The molecule has 0 bridgehead atoms. The Hall–Kier alpha value is -3.84. The molecular formula is C33H40N6O3S3. The lowest BCUT2D eigenvalue weighted by molar-refractivity contribution is -0.462. The van der Waals surface area contributed by atoms with Gasteiger partial charge in [0.2, 0.25) is 5.36 Å². The smallest absolute Gasteiger partial charge is 0.201 e. The highest BCUT2D eigenvalue weighted by Crippen LogP contribution is 2.36. The number of rotatable bonds is 5. The van der Waals surface area contributed by atoms with Gasteiger partial charge in [-0.15, -0.1) is 11.3 Å². The SMILES string of the molecule is CN(C)c1ccc(N=C2C=CC(=[N+](C)C)C=C2)c(SS(=O)(=O)[O-])c1.CN(C)c1ccc2nc3ccc(=[N+](C)C)cc-3sc2c1.[CH3-]. The number of nitrogens with zero attached hydrogens (tertiary/aromatic N) is 6. The van der Waals surface area contributed by atoms with E-state index in [1.165, 1.54) is 20.6 Å². The Morgan fingerprint density at radius 2 is 1.44 bits per heavy atom. The first kappa shape index (κ1) is 35.6. The number of allylic oxidation sites excluding steroid dienone is 4. The molecule has 2 aromatic carbocycles. The van der Waals surface area contributed by atoms with Gasteiger partial charge in [0.1, 0.15) is 28.2 Å². The Morgan fingerprint density at radius 1 is 0.822 bits per heavy atom. The van der Waals surface area contributed by atoms with E-state index < -0.39 is 9.15 Å². The fourth-order valence-corrected chi connectivity index (χ4v) is 6.85. The number of hydrogen-bond donors (Lipinski definition) is 0. The first-order chi connectivity index (χ1) is 20.7. The van der Waals surface area contributed by atoms with Crippen LogP contribution in [0.25, 0.3) is 20.8 Å². The number of hydrogen-bond acceptors (Lipinski definition) is 9. The van der Waals surface area contributed by atoms with Gasteiger partial charge in [0, 0.05) is 68.7 Å². The quantitative estimate of drug-likeness (QED) is 0.0726. The molecular weight excluding hydrogens is 625 g/mol. The van der Waals surface area contributed by atoms with E-state index in [9.17, 15) is 13.0 Å². The molecule has 0 saturated carbocycles. The largest absolute Gasteiger partial charge is 0.739 e. The van der Waals surface area contributed by atoms with Crippen LogP contribution >= 0.6 is 22.1 Å². The standard InChI is InChI=1S/C16H19N3O3S2.C16H18N3S.CH3/c1-18(2)13-7-5-12(6-8-13)17-15-10-9-14(19(3)4)11-16(15)23-24(20,21)22;1-18(2)11-5-7-13-15(9-11)20-16-10-12(19(3)4)6-8-14(16)17-13;/h5-11H,1-4H3;5-10H,1-4H3;1H3/q;+1;-1. The van der Waals surface area contributed by atoms with Gasteiger partial charge in [-0.25, -0.2) is 27.5 Å². The molecule has 0 fully saturated rings. The molecule has 5 rings (SSSR count). The molecule has 0 unspecified atom stereocenters. The predicted molar refractivity (Wildman–Crippen MR) is 193 cm³/mol. The zero-order valence-corrected chi connectivity index (χ0v) is 29.6. The Balaban J connectivity index is 0.000000243. The lowest BCUT2D eigenvalue weighted by Crippen LogP contribution is -2.21. The van der Waals surface area contributed by atoms with Gasteiger partial charge in [-0.3, -0.25) is 0 Å². The van der Waals surface area contributed by atoms with Crippen molar-refractivity contribution in [2.24, 2.45) is 4.99 Å². The van der Waals surface area contributed by atoms with E-state index >= 15 is 0 Å². The molecule has 1 heterocycles. The minimum absolute atomic E-state index is 0. The number of aromatic nitrogens is 1. The molecule has 0 atom stereocenters. The Morgan fingerprint density at radius 3 is 2.02 bits per heavy atom. The maximum Gasteiger partial charge on any atom is 0.201 e. The van der Waals surface area contributed by atoms with Crippen LogP contribution in [-0.2, 0) is 9.15 Å². The second-order valence-electron chi connectivity index (χ2n) is 10.9. The number of anilines is 2. The van der Waals surface area contributed by atoms with E-state index in [2.05, 4.69) is 79.1 Å². The molecule has 3 aliphatic rings. The zero-order valence-electron chi connectivity index (χ0n) is 27.1. The third kappa shape index (κ3) is 9.57. The van der Waals surface area contributed by atoms with Crippen LogP contribution < -0.4 is 19.7 Å². The first-order valence-corrected chi connectivity index (χ1v) is 17.2. The van der Waals surface area contributed by atoms with Crippen LogP contribution in [0, 0.1) is 7.43 Å². The average molecular weight is 665 g/mol. The van der Waals surface area contributed by atoms with Gasteiger partial charge < -0.3 is 21.8 Å². The highest BCUT2D eigenvalue weighted by molar-refractivity contribution is 8.69. The van der Waals surface area contributed by atoms with E-state index in [0.29, 0.717) is 16.3 Å². The summed E-state index contributed by atoms with van der Waals surface area (Å²) < 4.78 is 38.8. The zero-order chi connectivity index (χ0) is 32.2. The molecule has 45 heavy (non-hydrogen) atoms. The van der Waals surface area contributed by atoms with Crippen molar-refractivity contribution in [2.75, 3.05) is 66.2 Å². The minimum Gasteiger partial charge on any atom is -0.739 e. The molecule has 0 radical (unpaired) electrons. The Kier molecular flexibility index (Phi) is 11.8. The second kappa shape index (κ2) is 15.0. The predicted octanol–water partition coefficient (Wildman–Crippen LogP) is 5.17. The van der Waals surface area contributed by atoms with Crippen LogP contribution in [0.3, 0.4) is 0 Å². The van der Waals surface area contributed by atoms with Crippen LogP contribution in [0.2, 0.25) is 0 Å². The van der Waals surface area contributed by atoms with Crippen molar-refractivity contribution in [2.45, 2.75) is 4.90 Å². The average Bonchev–Trinajstić information content (AvgIpc) is 2.96. The molecule has 2 aromatic rings. The molecule has 0 aromatic heterocycles. The molecule has 0 saturated heterocycles. The summed E-state index contributed by atoms with van der Waals surface area (Å²) in [5.41, 5.74) is 6.29. The Bertz CT molecular complexity index is 1950. The van der Waals surface area contributed by atoms with Crippen LogP contribution in [0.4, 0.5) is 17.1 Å². The van der Waals surface area contributed by atoms with Crippen LogP contribution in [0.1, 0.15) is 0 Å². The van der Waals surface area contributed by atoms with Crippen molar-refractivity contribution < 1.29 is 17.5 Å². The van der Waals surface area contributed by atoms with Gasteiger partial charge >= 0.3 is 0 Å². The summed E-state index contributed by atoms with van der Waals surface area (Å²) in [7, 11) is 11.6. The summed E-state index contributed by atoms with van der Waals surface area (Å²) in [6.45, 7) is 0. The summed E-state index contributed by atoms with van der Waals surface area (Å²) in [6, 6.07) is 18.0. The van der Waals surface area contributed by atoms with Gasteiger partial charge in [0.25, 0.3) is 0 Å². The summed E-state index contributed by atoms with van der Waals surface area (Å²) in [6.07, 6.45) is 7.53. The lowest BCUT2D eigenvalue weighted by Gasteiger charge is -2.16. The van der Waals surface area contributed by atoms with Gasteiger partial charge in [-0.05, 0) is 65.4 Å². The number of benzene rings is 3.